The third kappa shape index (κ3) is 3.73. The lowest BCUT2D eigenvalue weighted by molar-refractivity contribution is -0.116. The van der Waals surface area contributed by atoms with Gasteiger partial charge in [0.2, 0.25) is 5.91 Å². The highest BCUT2D eigenvalue weighted by atomic mass is 79.9. The first-order valence-electron chi connectivity index (χ1n) is 9.24. The van der Waals surface area contributed by atoms with Crippen LogP contribution >= 0.6 is 63.7 Å². The van der Waals surface area contributed by atoms with Crippen LogP contribution in [0.5, 0.6) is 0 Å². The average molecular weight is 668 g/mol. The highest BCUT2D eigenvalue weighted by molar-refractivity contribution is 9.11. The van der Waals surface area contributed by atoms with E-state index in [1.54, 1.807) is 0 Å². The van der Waals surface area contributed by atoms with Crippen LogP contribution in [0.2, 0.25) is 0 Å². The summed E-state index contributed by atoms with van der Waals surface area (Å²) in [6.07, 6.45) is 1.86. The molecule has 0 spiro atoms. The number of carbonyl (C=O) groups excluding carboxylic acids is 2. The van der Waals surface area contributed by atoms with E-state index in [4.69, 9.17) is 0 Å². The topological polar surface area (TPSA) is 58.2 Å². The van der Waals surface area contributed by atoms with Crippen molar-refractivity contribution in [3.05, 3.63) is 88.7 Å². The van der Waals surface area contributed by atoms with Gasteiger partial charge in [-0.05, 0) is 78.9 Å². The van der Waals surface area contributed by atoms with E-state index in [-0.39, 0.29) is 11.8 Å². The second kappa shape index (κ2) is 7.99. The molecule has 4 nitrogen and oxygen atoms in total. The summed E-state index contributed by atoms with van der Waals surface area (Å²) in [5, 5.41) is 5.89. The number of benzene rings is 3. The Kier molecular flexibility index (Phi) is 5.45. The van der Waals surface area contributed by atoms with Gasteiger partial charge in [0.05, 0.1) is 17.3 Å². The fourth-order valence-electron chi connectivity index (χ4n) is 3.98. The van der Waals surface area contributed by atoms with Crippen molar-refractivity contribution in [3.8, 4) is 0 Å². The van der Waals surface area contributed by atoms with Gasteiger partial charge in [-0.1, -0.05) is 56.1 Å². The quantitative estimate of drug-likeness (QED) is 0.282. The van der Waals surface area contributed by atoms with Crippen molar-refractivity contribution in [1.29, 1.82) is 0 Å². The van der Waals surface area contributed by atoms with E-state index in [0.29, 0.717) is 5.57 Å². The van der Waals surface area contributed by atoms with Crippen molar-refractivity contribution >= 4 is 98.6 Å². The highest BCUT2D eigenvalue weighted by Crippen LogP contribution is 2.44. The van der Waals surface area contributed by atoms with Crippen LogP contribution in [0.3, 0.4) is 0 Å². The molecular weight excluding hydrogens is 656 g/mol. The number of nitrogens with one attached hydrogen (secondary N) is 2. The van der Waals surface area contributed by atoms with Gasteiger partial charge in [0.1, 0.15) is 0 Å². The number of hydrogen-bond acceptors (Lipinski definition) is 2. The minimum absolute atomic E-state index is 0.0737. The maximum atomic E-state index is 12.8. The van der Waals surface area contributed by atoms with Gasteiger partial charge in [-0.25, -0.2) is 0 Å². The zero-order chi connectivity index (χ0) is 21.9. The zero-order valence-electron chi connectivity index (χ0n) is 15.6. The van der Waals surface area contributed by atoms with E-state index in [0.717, 1.165) is 51.5 Å². The van der Waals surface area contributed by atoms with Crippen molar-refractivity contribution in [2.75, 3.05) is 10.6 Å². The molecule has 5 rings (SSSR count). The normalized spacial score (nSPS) is 18.1. The summed E-state index contributed by atoms with van der Waals surface area (Å²) in [7, 11) is 0. The molecule has 1 atom stereocenters. The SMILES string of the molecule is O=C1Nc2c(Br)cc(Br)cc2/C1=C/c1cccc(C2C(=O)Nc3c(Br)cc(Br)cc32)c1. The van der Waals surface area contributed by atoms with Crippen LogP contribution in [0.1, 0.15) is 28.2 Å². The standard InChI is InChI=1S/C23H12Br4N2O2/c24-12-6-14-15(22(30)28-20(14)17(26)8-12)5-10-2-1-3-11(4-10)19-16-7-13(25)9-18(27)21(16)29-23(19)31/h1-9,19H,(H,28,30)(H,29,31)/b15-5-. The molecule has 2 aliphatic heterocycles. The lowest BCUT2D eigenvalue weighted by Gasteiger charge is -2.11. The first-order chi connectivity index (χ1) is 14.8. The molecule has 0 fully saturated rings. The molecule has 2 heterocycles. The van der Waals surface area contributed by atoms with Crippen LogP contribution in [-0.4, -0.2) is 11.8 Å². The zero-order valence-corrected chi connectivity index (χ0v) is 21.9. The third-order valence-corrected chi connectivity index (χ3v) is 7.46. The first-order valence-corrected chi connectivity index (χ1v) is 12.4. The summed E-state index contributed by atoms with van der Waals surface area (Å²) in [6, 6.07) is 15.4. The van der Waals surface area contributed by atoms with E-state index in [9.17, 15) is 9.59 Å². The summed E-state index contributed by atoms with van der Waals surface area (Å²) >= 11 is 14.0. The van der Waals surface area contributed by atoms with Crippen molar-refractivity contribution in [3.63, 3.8) is 0 Å². The van der Waals surface area contributed by atoms with Crippen molar-refractivity contribution in [1.82, 2.24) is 0 Å². The molecule has 2 amide bonds. The van der Waals surface area contributed by atoms with Gasteiger partial charge in [-0.3, -0.25) is 9.59 Å². The Hall–Kier alpha value is -1.74. The van der Waals surface area contributed by atoms with Crippen LogP contribution in [0.15, 0.2) is 66.4 Å². The summed E-state index contributed by atoms with van der Waals surface area (Å²) in [6.45, 7) is 0. The molecular formula is C23H12Br4N2O2. The lowest BCUT2D eigenvalue weighted by Crippen LogP contribution is -2.13. The third-order valence-electron chi connectivity index (χ3n) is 5.29. The van der Waals surface area contributed by atoms with E-state index in [2.05, 4.69) is 74.4 Å². The predicted octanol–water partition coefficient (Wildman–Crippen LogP) is 7.31. The minimum atomic E-state index is -0.421. The Morgan fingerprint density at radius 2 is 1.52 bits per heavy atom. The molecule has 8 heteroatoms. The Bertz CT molecular complexity index is 1330. The van der Waals surface area contributed by atoms with Gasteiger partial charge in [0, 0.05) is 29.0 Å². The van der Waals surface area contributed by atoms with Crippen LogP contribution in [0.25, 0.3) is 11.6 Å². The van der Waals surface area contributed by atoms with E-state index in [1.165, 1.54) is 0 Å². The molecule has 2 aliphatic rings. The number of rotatable bonds is 2. The fourth-order valence-corrected chi connectivity index (χ4v) is 6.66. The molecule has 0 aliphatic carbocycles. The lowest BCUT2D eigenvalue weighted by atomic mass is 9.91. The van der Waals surface area contributed by atoms with Gasteiger partial charge in [-0.15, -0.1) is 0 Å². The Balaban J connectivity index is 1.59. The second-order valence-electron chi connectivity index (χ2n) is 7.27. The maximum Gasteiger partial charge on any atom is 0.256 e. The van der Waals surface area contributed by atoms with Gasteiger partial charge >= 0.3 is 0 Å². The Morgan fingerprint density at radius 1 is 0.806 bits per heavy atom. The second-order valence-corrected chi connectivity index (χ2v) is 10.8. The number of fused-ring (bicyclic) bond motifs is 2. The smallest absolute Gasteiger partial charge is 0.256 e. The van der Waals surface area contributed by atoms with Crippen LogP contribution in [0, 0.1) is 0 Å². The molecule has 0 saturated heterocycles. The number of carbonyl (C=O) groups is 2. The van der Waals surface area contributed by atoms with Crippen LogP contribution in [0.4, 0.5) is 11.4 Å². The molecule has 0 aromatic heterocycles. The average Bonchev–Trinajstić information content (AvgIpc) is 3.19. The molecule has 31 heavy (non-hydrogen) atoms. The molecule has 3 aromatic carbocycles. The molecule has 0 saturated carbocycles. The number of hydrogen-bond donors (Lipinski definition) is 2. The molecule has 1 unspecified atom stereocenters. The van der Waals surface area contributed by atoms with E-state index < -0.39 is 5.92 Å². The van der Waals surface area contributed by atoms with Gasteiger partial charge < -0.3 is 10.6 Å². The molecule has 3 aromatic rings. The first kappa shape index (κ1) is 21.1. The van der Waals surface area contributed by atoms with Gasteiger partial charge in [0.15, 0.2) is 0 Å². The summed E-state index contributed by atoms with van der Waals surface area (Å²) in [5.41, 5.74) is 5.58. The number of anilines is 2. The summed E-state index contributed by atoms with van der Waals surface area (Å²) < 4.78 is 3.43. The van der Waals surface area contributed by atoms with Crippen LogP contribution in [-0.2, 0) is 9.59 Å². The van der Waals surface area contributed by atoms with E-state index >= 15 is 0 Å². The predicted molar refractivity (Wildman–Crippen MR) is 137 cm³/mol. The molecule has 0 bridgehead atoms. The monoisotopic (exact) mass is 664 g/mol. The van der Waals surface area contributed by atoms with Crippen molar-refractivity contribution in [2.24, 2.45) is 0 Å². The summed E-state index contributed by atoms with van der Waals surface area (Å²) in [4.78, 5) is 25.4. The summed E-state index contributed by atoms with van der Waals surface area (Å²) in [5.74, 6) is -0.651. The van der Waals surface area contributed by atoms with Crippen LogP contribution < -0.4 is 10.6 Å². The molecule has 0 radical (unpaired) electrons. The van der Waals surface area contributed by atoms with Gasteiger partial charge in [0.25, 0.3) is 5.91 Å². The Morgan fingerprint density at radius 3 is 2.29 bits per heavy atom. The number of amides is 2. The largest absolute Gasteiger partial charge is 0.324 e. The van der Waals surface area contributed by atoms with Crippen molar-refractivity contribution < 1.29 is 9.59 Å². The molecule has 154 valence electrons. The Labute approximate surface area is 212 Å². The number of halogens is 4. The highest BCUT2D eigenvalue weighted by Gasteiger charge is 2.34. The minimum Gasteiger partial charge on any atom is -0.324 e. The molecule has 2 N–H and O–H groups in total. The fraction of sp³-hybridized carbons (Fsp3) is 0.0435. The van der Waals surface area contributed by atoms with Crippen molar-refractivity contribution in [2.45, 2.75) is 5.92 Å². The maximum absolute atomic E-state index is 12.8. The van der Waals surface area contributed by atoms with Gasteiger partial charge in [-0.2, -0.15) is 0 Å². The van der Waals surface area contributed by atoms with E-state index in [1.807, 2.05) is 54.6 Å².